The van der Waals surface area contributed by atoms with Crippen LogP contribution in [0.3, 0.4) is 0 Å². The van der Waals surface area contributed by atoms with Crippen LogP contribution in [0.15, 0.2) is 66.6 Å². The van der Waals surface area contributed by atoms with E-state index < -0.39 is 24.1 Å². The lowest BCUT2D eigenvalue weighted by atomic mass is 10.2. The Morgan fingerprint density at radius 2 is 1.89 bits per heavy atom. The van der Waals surface area contributed by atoms with Gasteiger partial charge in [-0.05, 0) is 17.2 Å². The molecule has 0 unspecified atom stereocenters. The Kier molecular flexibility index (Phi) is 2.55. The Hall–Kier alpha value is -2.35. The summed E-state index contributed by atoms with van der Waals surface area (Å²) in [6, 6.07) is 7.06. The van der Waals surface area contributed by atoms with Crippen LogP contribution in [-0.2, 0) is 16.1 Å². The summed E-state index contributed by atoms with van der Waals surface area (Å²) in [6.45, 7) is -0.381. The molecule has 2 rings (SSSR count). The van der Waals surface area contributed by atoms with Crippen molar-refractivity contribution in [1.29, 1.82) is 0 Å². The van der Waals surface area contributed by atoms with Gasteiger partial charge in [-0.25, -0.2) is 4.79 Å². The summed E-state index contributed by atoms with van der Waals surface area (Å²) in [5.74, 6) is -0.652. The molecule has 0 N–H and O–H groups in total. The molecule has 0 atom stereocenters. The monoisotopic (exact) mass is 243 g/mol. The maximum Gasteiger partial charge on any atom is 0.331 e. The summed E-state index contributed by atoms with van der Waals surface area (Å²) in [7, 11) is 0. The Morgan fingerprint density at radius 1 is 1.17 bits per heavy atom. The van der Waals surface area contributed by atoms with Crippen molar-refractivity contribution >= 4 is 12.0 Å². The van der Waals surface area contributed by atoms with Crippen molar-refractivity contribution in [2.45, 2.75) is 6.61 Å². The molecule has 0 radical (unpaired) electrons. The standard InChI is InChI=1S/C16H14O2/c17-16(12-11-14-7-3-1-4-8-14)18-13-15-9-5-2-6-10-15/h1-12H,13H2/i2D,5D,6D,9D,10D. The molecule has 2 nitrogen and oxygen atoms in total. The SMILES string of the molecule is [2H]c1c([2H])c([2H])c(COC(=O)C=Cc2ccccc2)c([2H])c1[2H]. The van der Waals surface area contributed by atoms with Gasteiger partial charge in [0.05, 0.1) is 6.85 Å². The fraction of sp³-hybridized carbons (Fsp3) is 0.0625. The summed E-state index contributed by atoms with van der Waals surface area (Å²) >= 11 is 0. The number of hydrogen-bond donors (Lipinski definition) is 0. The van der Waals surface area contributed by atoms with Crippen LogP contribution >= 0.6 is 0 Å². The third-order valence-electron chi connectivity index (χ3n) is 2.12. The van der Waals surface area contributed by atoms with Crippen LogP contribution in [0.5, 0.6) is 0 Å². The smallest absolute Gasteiger partial charge is 0.331 e. The first-order chi connectivity index (χ1) is 10.9. The van der Waals surface area contributed by atoms with Crippen molar-refractivity contribution in [3.8, 4) is 0 Å². The van der Waals surface area contributed by atoms with Gasteiger partial charge >= 0.3 is 5.97 Å². The van der Waals surface area contributed by atoms with E-state index in [4.69, 9.17) is 11.6 Å². The molecule has 90 valence electrons. The molecule has 0 aromatic heterocycles. The Morgan fingerprint density at radius 3 is 2.61 bits per heavy atom. The Balaban J connectivity index is 2.09. The fourth-order valence-corrected chi connectivity index (χ4v) is 1.27. The van der Waals surface area contributed by atoms with Gasteiger partial charge in [0.25, 0.3) is 0 Å². The normalized spacial score (nSPS) is 14.3. The van der Waals surface area contributed by atoms with Gasteiger partial charge in [-0.15, -0.1) is 0 Å². The van der Waals surface area contributed by atoms with E-state index in [0.29, 0.717) is 0 Å². The predicted octanol–water partition coefficient (Wildman–Crippen LogP) is 3.44. The van der Waals surface area contributed by atoms with Gasteiger partial charge in [-0.3, -0.25) is 0 Å². The highest BCUT2D eigenvalue weighted by Crippen LogP contribution is 2.03. The molecule has 0 saturated carbocycles. The summed E-state index contributed by atoms with van der Waals surface area (Å²) in [4.78, 5) is 11.7. The van der Waals surface area contributed by atoms with Gasteiger partial charge in [0.15, 0.2) is 0 Å². The van der Waals surface area contributed by atoms with Gasteiger partial charge in [-0.2, -0.15) is 0 Å². The van der Waals surface area contributed by atoms with E-state index in [1.807, 2.05) is 30.3 Å². The number of hydrogen-bond acceptors (Lipinski definition) is 2. The van der Waals surface area contributed by atoms with Gasteiger partial charge < -0.3 is 4.74 Å². The highest BCUT2D eigenvalue weighted by atomic mass is 16.5. The zero-order valence-corrected chi connectivity index (χ0v) is 9.57. The minimum absolute atomic E-state index is 0.0440. The van der Waals surface area contributed by atoms with E-state index in [-0.39, 0.29) is 24.3 Å². The molecule has 0 fully saturated rings. The second-order valence-electron chi connectivity index (χ2n) is 3.46. The molecule has 2 aromatic carbocycles. The van der Waals surface area contributed by atoms with Crippen LogP contribution in [0.25, 0.3) is 6.08 Å². The van der Waals surface area contributed by atoms with Crippen molar-refractivity contribution in [2.24, 2.45) is 0 Å². The van der Waals surface area contributed by atoms with Gasteiger partial charge in [-0.1, -0.05) is 60.5 Å². The largest absolute Gasteiger partial charge is 0.458 e. The lowest BCUT2D eigenvalue weighted by molar-refractivity contribution is -0.138. The highest BCUT2D eigenvalue weighted by Gasteiger charge is 1.97. The van der Waals surface area contributed by atoms with Crippen LogP contribution in [0.2, 0.25) is 0 Å². The van der Waals surface area contributed by atoms with Gasteiger partial charge in [0.1, 0.15) is 6.61 Å². The molecule has 0 heterocycles. The number of ether oxygens (including phenoxy) is 1. The average Bonchev–Trinajstić information content (AvgIpc) is 2.57. The summed E-state index contributed by atoms with van der Waals surface area (Å²) in [6.07, 6.45) is 2.80. The molecule has 2 aromatic rings. The van der Waals surface area contributed by atoms with E-state index in [9.17, 15) is 4.79 Å². The van der Waals surface area contributed by atoms with Gasteiger partial charge in [0, 0.05) is 6.08 Å². The molecule has 0 aliphatic rings. The zero-order chi connectivity index (χ0) is 17.0. The first kappa shape index (κ1) is 7.17. The molecule has 0 bridgehead atoms. The Bertz CT molecular complexity index is 728. The number of rotatable bonds is 4. The zero-order valence-electron chi connectivity index (χ0n) is 14.6. The number of benzene rings is 2. The molecule has 0 aliphatic carbocycles. The van der Waals surface area contributed by atoms with E-state index in [0.717, 1.165) is 5.56 Å². The fourth-order valence-electron chi connectivity index (χ4n) is 1.27. The third-order valence-corrected chi connectivity index (χ3v) is 2.12. The Labute approximate surface area is 114 Å². The molecule has 0 saturated heterocycles. The van der Waals surface area contributed by atoms with Crippen molar-refractivity contribution in [1.82, 2.24) is 0 Å². The molecular formula is C16H14O2. The first-order valence-corrected chi connectivity index (χ1v) is 5.37. The third kappa shape index (κ3) is 3.91. The summed E-state index contributed by atoms with van der Waals surface area (Å²) < 4.78 is 43.0. The van der Waals surface area contributed by atoms with E-state index >= 15 is 0 Å². The second-order valence-corrected chi connectivity index (χ2v) is 3.46. The molecule has 0 spiro atoms. The molecule has 18 heavy (non-hydrogen) atoms. The van der Waals surface area contributed by atoms with Crippen LogP contribution in [0, 0.1) is 0 Å². The van der Waals surface area contributed by atoms with Crippen molar-refractivity contribution < 1.29 is 16.4 Å². The van der Waals surface area contributed by atoms with Crippen molar-refractivity contribution in [3.05, 3.63) is 77.7 Å². The lowest BCUT2D eigenvalue weighted by Gasteiger charge is -2.01. The predicted molar refractivity (Wildman–Crippen MR) is 71.7 cm³/mol. The average molecular weight is 243 g/mol. The van der Waals surface area contributed by atoms with E-state index in [1.54, 1.807) is 6.08 Å². The molecular weight excluding hydrogens is 224 g/mol. The highest BCUT2D eigenvalue weighted by molar-refractivity contribution is 5.86. The quantitative estimate of drug-likeness (QED) is 0.607. The van der Waals surface area contributed by atoms with Crippen LogP contribution in [0.1, 0.15) is 18.0 Å². The summed E-state index contributed by atoms with van der Waals surface area (Å²) in [5.41, 5.74) is 0.782. The topological polar surface area (TPSA) is 26.3 Å². The van der Waals surface area contributed by atoms with Crippen LogP contribution < -0.4 is 0 Å². The summed E-state index contributed by atoms with van der Waals surface area (Å²) in [5, 5.41) is 0. The van der Waals surface area contributed by atoms with Crippen LogP contribution in [0.4, 0.5) is 0 Å². The lowest BCUT2D eigenvalue weighted by Crippen LogP contribution is -2.00. The number of carbonyl (C=O) groups excluding carboxylic acids is 1. The van der Waals surface area contributed by atoms with Crippen molar-refractivity contribution in [2.75, 3.05) is 0 Å². The molecule has 0 amide bonds. The van der Waals surface area contributed by atoms with Gasteiger partial charge in [0.2, 0.25) is 0 Å². The minimum atomic E-state index is -0.652. The second kappa shape index (κ2) is 6.40. The van der Waals surface area contributed by atoms with Crippen LogP contribution in [-0.4, -0.2) is 5.97 Å². The molecule has 0 aliphatic heterocycles. The minimum Gasteiger partial charge on any atom is -0.458 e. The number of carbonyl (C=O) groups is 1. The number of esters is 1. The molecule has 2 heteroatoms. The van der Waals surface area contributed by atoms with E-state index in [2.05, 4.69) is 0 Å². The maximum absolute atomic E-state index is 11.7. The van der Waals surface area contributed by atoms with Crippen molar-refractivity contribution in [3.63, 3.8) is 0 Å². The van der Waals surface area contributed by atoms with E-state index in [1.165, 1.54) is 6.08 Å². The first-order valence-electron chi connectivity index (χ1n) is 7.87. The maximum atomic E-state index is 11.7.